The number of carbonyl (C=O) groups is 1. The topological polar surface area (TPSA) is 106 Å². The van der Waals surface area contributed by atoms with Gasteiger partial charge in [0.25, 0.3) is 5.56 Å². The van der Waals surface area contributed by atoms with Crippen molar-refractivity contribution < 1.29 is 9.32 Å². The van der Waals surface area contributed by atoms with Gasteiger partial charge in [-0.2, -0.15) is 5.26 Å². The molecule has 0 radical (unpaired) electrons. The molecule has 1 aliphatic heterocycles. The van der Waals surface area contributed by atoms with Crippen LogP contribution in [0.2, 0.25) is 0 Å². The molecule has 0 aliphatic carbocycles. The minimum absolute atomic E-state index is 0.0960. The second-order valence-electron chi connectivity index (χ2n) is 7.26. The number of hydrogen-bond acceptors (Lipinski definition) is 6. The monoisotopic (exact) mass is 383 g/mol. The third-order valence-corrected chi connectivity index (χ3v) is 5.29. The first kappa shape index (κ1) is 19.8. The molecule has 2 aromatic heterocycles. The fraction of sp³-hybridized carbons (Fsp3) is 0.500. The van der Waals surface area contributed by atoms with Crippen LogP contribution in [0.3, 0.4) is 0 Å². The summed E-state index contributed by atoms with van der Waals surface area (Å²) in [6.45, 7) is 9.12. The minimum Gasteiger partial charge on any atom is -0.360 e. The van der Waals surface area contributed by atoms with Gasteiger partial charge in [-0.05, 0) is 38.3 Å². The van der Waals surface area contributed by atoms with Crippen LogP contribution in [-0.2, 0) is 17.8 Å². The lowest BCUT2D eigenvalue weighted by Gasteiger charge is -2.34. The largest absolute Gasteiger partial charge is 0.360 e. The molecule has 0 bridgehead atoms. The molecule has 0 spiro atoms. The van der Waals surface area contributed by atoms with Crippen molar-refractivity contribution in [3.8, 4) is 6.07 Å². The van der Waals surface area contributed by atoms with Crippen molar-refractivity contribution in [3.63, 3.8) is 0 Å². The molecule has 0 aromatic carbocycles. The number of hydrogen-bond donors (Lipinski definition) is 1. The molecule has 1 aliphatic rings. The summed E-state index contributed by atoms with van der Waals surface area (Å²) < 4.78 is 5.26. The molecule has 0 unspecified atom stereocenters. The van der Waals surface area contributed by atoms with Crippen LogP contribution in [0.4, 0.5) is 0 Å². The number of aryl methyl sites for hydroxylation is 2. The predicted octanol–water partition coefficient (Wildman–Crippen LogP) is 1.44. The van der Waals surface area contributed by atoms with Crippen LogP contribution in [0, 0.1) is 32.1 Å². The molecule has 1 N–H and O–H groups in total. The van der Waals surface area contributed by atoms with Crippen molar-refractivity contribution in [2.24, 2.45) is 0 Å². The number of carbonyl (C=O) groups excluding carboxylic acids is 1. The Morgan fingerprint density at radius 2 is 2.00 bits per heavy atom. The van der Waals surface area contributed by atoms with E-state index in [1.807, 2.05) is 24.0 Å². The Hall–Kier alpha value is -2.92. The zero-order valence-electron chi connectivity index (χ0n) is 16.5. The Balaban J connectivity index is 1.54. The van der Waals surface area contributed by atoms with Gasteiger partial charge in [-0.3, -0.25) is 14.5 Å². The third-order valence-electron chi connectivity index (χ3n) is 5.29. The molecule has 3 heterocycles. The van der Waals surface area contributed by atoms with Crippen molar-refractivity contribution >= 4 is 5.91 Å². The number of nitrogens with zero attached hydrogens (tertiary/aromatic N) is 4. The first-order valence-corrected chi connectivity index (χ1v) is 9.43. The van der Waals surface area contributed by atoms with E-state index < -0.39 is 0 Å². The van der Waals surface area contributed by atoms with Crippen molar-refractivity contribution in [1.29, 1.82) is 5.26 Å². The lowest BCUT2D eigenvalue weighted by molar-refractivity contribution is -0.133. The molecule has 1 amide bonds. The first-order valence-electron chi connectivity index (χ1n) is 9.43. The van der Waals surface area contributed by atoms with Gasteiger partial charge in [0.05, 0.1) is 12.2 Å². The van der Waals surface area contributed by atoms with Gasteiger partial charge >= 0.3 is 0 Å². The Kier molecular flexibility index (Phi) is 5.95. The number of nitriles is 1. The van der Waals surface area contributed by atoms with Crippen molar-refractivity contribution in [1.82, 2.24) is 19.9 Å². The summed E-state index contributed by atoms with van der Waals surface area (Å²) in [6, 6.07) is 3.88. The normalized spacial score (nSPS) is 14.9. The standard InChI is InChI=1S/C20H25N5O3/c1-13-10-16(28-23-13)12-24-6-8-25(9-7-24)19(26)5-4-17-14(2)18(11-21)20(27)22-15(17)3/h10H,4-9,12H2,1-3H3,(H,22,27). The minimum atomic E-state index is -0.370. The first-order chi connectivity index (χ1) is 13.4. The second-order valence-corrected chi connectivity index (χ2v) is 7.26. The SMILES string of the molecule is Cc1cc(CN2CCN(C(=O)CCc3c(C)[nH]c(=O)c(C#N)c3C)CC2)on1. The number of amides is 1. The smallest absolute Gasteiger partial charge is 0.266 e. The van der Waals surface area contributed by atoms with Crippen LogP contribution in [0.1, 0.15) is 40.3 Å². The van der Waals surface area contributed by atoms with Gasteiger partial charge in [-0.1, -0.05) is 5.16 Å². The number of H-pyrrole nitrogens is 1. The number of piperazine rings is 1. The maximum absolute atomic E-state index is 12.6. The highest BCUT2D eigenvalue weighted by atomic mass is 16.5. The molecule has 148 valence electrons. The van der Waals surface area contributed by atoms with Crippen molar-refractivity contribution in [2.75, 3.05) is 26.2 Å². The quantitative estimate of drug-likeness (QED) is 0.837. The summed E-state index contributed by atoms with van der Waals surface area (Å²) in [5, 5.41) is 13.1. The van der Waals surface area contributed by atoms with E-state index in [0.29, 0.717) is 38.0 Å². The van der Waals surface area contributed by atoms with Crippen LogP contribution in [0.15, 0.2) is 15.4 Å². The Morgan fingerprint density at radius 1 is 1.29 bits per heavy atom. The molecule has 3 rings (SSSR count). The highest BCUT2D eigenvalue weighted by molar-refractivity contribution is 5.76. The van der Waals surface area contributed by atoms with E-state index >= 15 is 0 Å². The summed E-state index contributed by atoms with van der Waals surface area (Å²) in [6.07, 6.45) is 0.874. The van der Waals surface area contributed by atoms with Gasteiger partial charge in [-0.25, -0.2) is 0 Å². The lowest BCUT2D eigenvalue weighted by atomic mass is 9.99. The zero-order valence-corrected chi connectivity index (χ0v) is 16.5. The predicted molar refractivity (Wildman–Crippen MR) is 103 cm³/mol. The van der Waals surface area contributed by atoms with E-state index in [-0.39, 0.29) is 17.0 Å². The fourth-order valence-electron chi connectivity index (χ4n) is 3.68. The van der Waals surface area contributed by atoms with Gasteiger partial charge in [0.15, 0.2) is 5.76 Å². The van der Waals surface area contributed by atoms with Gasteiger partial charge < -0.3 is 14.4 Å². The van der Waals surface area contributed by atoms with Crippen LogP contribution >= 0.6 is 0 Å². The van der Waals surface area contributed by atoms with Crippen LogP contribution in [-0.4, -0.2) is 52.0 Å². The third kappa shape index (κ3) is 4.31. The summed E-state index contributed by atoms with van der Waals surface area (Å²) >= 11 is 0. The van der Waals surface area contributed by atoms with E-state index in [0.717, 1.165) is 35.8 Å². The molecule has 0 atom stereocenters. The molecule has 0 saturated carbocycles. The summed E-state index contributed by atoms with van der Waals surface area (Å²) in [7, 11) is 0. The molecule has 28 heavy (non-hydrogen) atoms. The van der Waals surface area contributed by atoms with Gasteiger partial charge in [0.2, 0.25) is 5.91 Å². The molecular formula is C20H25N5O3. The van der Waals surface area contributed by atoms with E-state index in [9.17, 15) is 9.59 Å². The molecular weight excluding hydrogens is 358 g/mol. The summed E-state index contributed by atoms with van der Waals surface area (Å²) in [4.78, 5) is 31.3. The molecule has 1 fully saturated rings. The van der Waals surface area contributed by atoms with E-state index in [1.54, 1.807) is 13.8 Å². The Bertz CT molecular complexity index is 961. The molecule has 8 nitrogen and oxygen atoms in total. The van der Waals surface area contributed by atoms with Crippen LogP contribution in [0.5, 0.6) is 0 Å². The average molecular weight is 383 g/mol. The highest BCUT2D eigenvalue weighted by Crippen LogP contribution is 2.16. The maximum atomic E-state index is 12.6. The van der Waals surface area contributed by atoms with E-state index in [4.69, 9.17) is 9.78 Å². The fourth-order valence-corrected chi connectivity index (χ4v) is 3.68. The number of nitrogens with one attached hydrogen (secondary N) is 1. The lowest BCUT2D eigenvalue weighted by Crippen LogP contribution is -2.48. The Labute approximate surface area is 163 Å². The van der Waals surface area contributed by atoms with E-state index in [2.05, 4.69) is 15.0 Å². The highest BCUT2D eigenvalue weighted by Gasteiger charge is 2.22. The maximum Gasteiger partial charge on any atom is 0.266 e. The second kappa shape index (κ2) is 8.40. The number of aromatic amines is 1. The Morgan fingerprint density at radius 3 is 2.61 bits per heavy atom. The average Bonchev–Trinajstić information content (AvgIpc) is 3.06. The van der Waals surface area contributed by atoms with Crippen LogP contribution in [0.25, 0.3) is 0 Å². The molecule has 1 saturated heterocycles. The van der Waals surface area contributed by atoms with Gasteiger partial charge in [0, 0.05) is 44.4 Å². The van der Waals surface area contributed by atoms with Crippen molar-refractivity contribution in [2.45, 2.75) is 40.2 Å². The van der Waals surface area contributed by atoms with Gasteiger partial charge in [0.1, 0.15) is 11.6 Å². The molecule has 8 heteroatoms. The summed E-state index contributed by atoms with van der Waals surface area (Å²) in [5.74, 6) is 0.938. The van der Waals surface area contributed by atoms with Gasteiger partial charge in [-0.15, -0.1) is 0 Å². The number of pyridine rings is 1. The number of aromatic nitrogens is 2. The van der Waals surface area contributed by atoms with Crippen molar-refractivity contribution in [3.05, 3.63) is 50.3 Å². The van der Waals surface area contributed by atoms with Crippen LogP contribution < -0.4 is 5.56 Å². The van der Waals surface area contributed by atoms with E-state index in [1.165, 1.54) is 0 Å². The summed E-state index contributed by atoms with van der Waals surface area (Å²) in [5.41, 5.74) is 2.90. The molecule has 2 aromatic rings. The number of rotatable bonds is 5. The zero-order chi connectivity index (χ0) is 20.3.